The number of quaternary nitrogens is 1. The molecule has 1 atom stereocenters. The molecule has 0 spiro atoms. The highest BCUT2D eigenvalue weighted by Crippen LogP contribution is 2.27. The van der Waals surface area contributed by atoms with Gasteiger partial charge in [0.25, 0.3) is 5.56 Å². The van der Waals surface area contributed by atoms with Crippen molar-refractivity contribution in [1.29, 1.82) is 0 Å². The molecule has 4 aromatic rings. The molecule has 144 valence electrons. The lowest BCUT2D eigenvalue weighted by atomic mass is 10.2. The number of rotatable bonds is 5. The first-order chi connectivity index (χ1) is 13.5. The normalized spacial score (nSPS) is 12.5. The summed E-state index contributed by atoms with van der Waals surface area (Å²) < 4.78 is 5.96. The van der Waals surface area contributed by atoms with Gasteiger partial charge in [-0.15, -0.1) is 22.7 Å². The summed E-state index contributed by atoms with van der Waals surface area (Å²) in [6.45, 7) is 3.02. The first-order valence-electron chi connectivity index (χ1n) is 8.72. The summed E-state index contributed by atoms with van der Waals surface area (Å²) in [7, 11) is 3.37. The van der Waals surface area contributed by atoms with Crippen molar-refractivity contribution in [3.8, 4) is 0 Å². The Labute approximate surface area is 168 Å². The van der Waals surface area contributed by atoms with Gasteiger partial charge in [0.1, 0.15) is 27.8 Å². The standard InChI is InChI=1S/C19H18N4O3S2/c1-10-15-17(24)21-13(22-18(15)28-16(10)19(25)26-3)8-23(2)9-14-20-11-6-4-5-7-12(11)27-14/h4-7H,8-9H2,1-3H3,(H,21,22,24)/p+1. The molecular formula is C19H19N4O3S2+. The number of aromatic nitrogens is 3. The molecule has 0 saturated heterocycles. The van der Waals surface area contributed by atoms with E-state index in [1.807, 2.05) is 25.2 Å². The van der Waals surface area contributed by atoms with Gasteiger partial charge < -0.3 is 14.6 Å². The molecule has 0 fully saturated rings. The molecule has 0 aliphatic heterocycles. The Morgan fingerprint density at radius 3 is 2.75 bits per heavy atom. The second-order valence-electron chi connectivity index (χ2n) is 6.63. The third-order valence-corrected chi connectivity index (χ3v) is 6.68. The Bertz CT molecular complexity index is 1210. The number of carbonyl (C=O) groups is 1. The number of para-hydroxylation sites is 1. The monoisotopic (exact) mass is 415 g/mol. The van der Waals surface area contributed by atoms with Gasteiger partial charge in [0.05, 0.1) is 29.8 Å². The van der Waals surface area contributed by atoms with E-state index >= 15 is 0 Å². The fourth-order valence-electron chi connectivity index (χ4n) is 3.16. The van der Waals surface area contributed by atoms with Crippen molar-refractivity contribution in [2.24, 2.45) is 0 Å². The number of thiophene rings is 1. The Kier molecular flexibility index (Phi) is 4.96. The number of aromatic amines is 1. The number of carbonyl (C=O) groups excluding carboxylic acids is 1. The molecule has 7 nitrogen and oxygen atoms in total. The van der Waals surface area contributed by atoms with Crippen LogP contribution < -0.4 is 10.5 Å². The second-order valence-corrected chi connectivity index (χ2v) is 8.74. The van der Waals surface area contributed by atoms with Gasteiger partial charge in [0, 0.05) is 0 Å². The minimum absolute atomic E-state index is 0.225. The first kappa shape index (κ1) is 18.7. The Morgan fingerprint density at radius 1 is 1.21 bits per heavy atom. The smallest absolute Gasteiger partial charge is 0.348 e. The number of thiazole rings is 1. The largest absolute Gasteiger partial charge is 0.465 e. The van der Waals surface area contributed by atoms with Gasteiger partial charge in [0.15, 0.2) is 5.82 Å². The third kappa shape index (κ3) is 3.44. The van der Waals surface area contributed by atoms with Gasteiger partial charge in [-0.05, 0) is 24.6 Å². The molecule has 0 radical (unpaired) electrons. The van der Waals surface area contributed by atoms with Crippen molar-refractivity contribution in [2.75, 3.05) is 14.2 Å². The summed E-state index contributed by atoms with van der Waals surface area (Å²) in [5, 5.41) is 1.50. The van der Waals surface area contributed by atoms with Crippen LogP contribution in [0.1, 0.15) is 26.1 Å². The van der Waals surface area contributed by atoms with Gasteiger partial charge in [-0.2, -0.15) is 0 Å². The minimum Gasteiger partial charge on any atom is -0.465 e. The van der Waals surface area contributed by atoms with Crippen LogP contribution in [0.15, 0.2) is 29.1 Å². The van der Waals surface area contributed by atoms with E-state index in [4.69, 9.17) is 4.74 Å². The van der Waals surface area contributed by atoms with Crippen molar-refractivity contribution >= 4 is 49.1 Å². The number of esters is 1. The van der Waals surface area contributed by atoms with E-state index < -0.39 is 5.97 Å². The fourth-order valence-corrected chi connectivity index (χ4v) is 5.36. The zero-order chi connectivity index (χ0) is 19.8. The number of nitrogens with one attached hydrogen (secondary N) is 2. The number of benzene rings is 1. The van der Waals surface area contributed by atoms with E-state index in [9.17, 15) is 9.59 Å². The predicted octanol–water partition coefficient (Wildman–Crippen LogP) is 1.90. The molecule has 0 amide bonds. The molecule has 1 aromatic carbocycles. The number of hydrogen-bond donors (Lipinski definition) is 2. The highest BCUT2D eigenvalue weighted by Gasteiger charge is 2.20. The highest BCUT2D eigenvalue weighted by molar-refractivity contribution is 7.20. The number of nitrogens with zero attached hydrogens (tertiary/aromatic N) is 2. The van der Waals surface area contributed by atoms with Crippen LogP contribution in [0, 0.1) is 6.92 Å². The summed E-state index contributed by atoms with van der Waals surface area (Å²) in [5.74, 6) is 0.147. The first-order valence-corrected chi connectivity index (χ1v) is 10.4. The van der Waals surface area contributed by atoms with E-state index in [1.165, 1.54) is 23.1 Å². The Hall–Kier alpha value is -2.62. The summed E-state index contributed by atoms with van der Waals surface area (Å²) in [5.41, 5.74) is 1.40. The third-order valence-electron chi connectivity index (χ3n) is 4.48. The van der Waals surface area contributed by atoms with E-state index in [2.05, 4.69) is 21.0 Å². The number of methoxy groups -OCH3 is 1. The van der Waals surface area contributed by atoms with E-state index in [1.54, 1.807) is 18.3 Å². The molecule has 0 bridgehead atoms. The van der Waals surface area contributed by atoms with Crippen molar-refractivity contribution < 1.29 is 14.4 Å². The maximum atomic E-state index is 12.5. The van der Waals surface area contributed by atoms with E-state index in [0.717, 1.165) is 22.0 Å². The number of H-pyrrole nitrogens is 1. The van der Waals surface area contributed by atoms with Gasteiger partial charge in [-0.1, -0.05) is 12.1 Å². The Balaban J connectivity index is 1.58. The van der Waals surface area contributed by atoms with Crippen molar-refractivity contribution in [2.45, 2.75) is 20.0 Å². The molecule has 0 aliphatic rings. The maximum Gasteiger partial charge on any atom is 0.348 e. The zero-order valence-electron chi connectivity index (χ0n) is 15.7. The van der Waals surface area contributed by atoms with Crippen LogP contribution in [-0.2, 0) is 17.8 Å². The maximum absolute atomic E-state index is 12.5. The molecule has 0 saturated carbocycles. The predicted molar refractivity (Wildman–Crippen MR) is 110 cm³/mol. The van der Waals surface area contributed by atoms with Crippen LogP contribution in [0.3, 0.4) is 0 Å². The van der Waals surface area contributed by atoms with Crippen LogP contribution in [-0.4, -0.2) is 35.1 Å². The van der Waals surface area contributed by atoms with Crippen molar-refractivity contribution in [1.82, 2.24) is 15.0 Å². The lowest BCUT2D eigenvalue weighted by Gasteiger charge is -2.11. The average Bonchev–Trinajstić information content (AvgIpc) is 3.21. The quantitative estimate of drug-likeness (QED) is 0.486. The summed E-state index contributed by atoms with van der Waals surface area (Å²) in [4.78, 5) is 38.7. The highest BCUT2D eigenvalue weighted by atomic mass is 32.1. The van der Waals surface area contributed by atoms with Crippen molar-refractivity contribution in [3.05, 3.63) is 55.9 Å². The molecular weight excluding hydrogens is 396 g/mol. The van der Waals surface area contributed by atoms with E-state index in [-0.39, 0.29) is 5.56 Å². The van der Waals surface area contributed by atoms with Gasteiger partial charge in [-0.25, -0.2) is 14.8 Å². The zero-order valence-corrected chi connectivity index (χ0v) is 17.3. The summed E-state index contributed by atoms with van der Waals surface area (Å²) >= 11 is 2.87. The van der Waals surface area contributed by atoms with Crippen molar-refractivity contribution in [3.63, 3.8) is 0 Å². The van der Waals surface area contributed by atoms with Crippen LogP contribution in [0.5, 0.6) is 0 Å². The van der Waals surface area contributed by atoms with Gasteiger partial charge in [0.2, 0.25) is 0 Å². The van der Waals surface area contributed by atoms with Gasteiger partial charge >= 0.3 is 5.97 Å². The molecule has 2 N–H and O–H groups in total. The van der Waals surface area contributed by atoms with Crippen LogP contribution in [0.25, 0.3) is 20.4 Å². The van der Waals surface area contributed by atoms with Crippen LogP contribution in [0.2, 0.25) is 0 Å². The van der Waals surface area contributed by atoms with Crippen LogP contribution in [0.4, 0.5) is 0 Å². The fraction of sp³-hybridized carbons (Fsp3) is 0.263. The molecule has 9 heteroatoms. The lowest BCUT2D eigenvalue weighted by molar-refractivity contribution is -0.908. The second kappa shape index (κ2) is 7.42. The number of ether oxygens (including phenoxy) is 1. The molecule has 3 heterocycles. The van der Waals surface area contributed by atoms with Gasteiger partial charge in [-0.3, -0.25) is 4.79 Å². The minimum atomic E-state index is -0.444. The van der Waals surface area contributed by atoms with E-state index in [0.29, 0.717) is 33.0 Å². The number of hydrogen-bond acceptors (Lipinski definition) is 7. The number of aryl methyl sites for hydroxylation is 1. The topological polar surface area (TPSA) is 89.4 Å². The molecule has 4 rings (SSSR count). The molecule has 1 unspecified atom stereocenters. The lowest BCUT2D eigenvalue weighted by Crippen LogP contribution is -3.06. The molecule has 0 aliphatic carbocycles. The number of fused-ring (bicyclic) bond motifs is 2. The molecule has 28 heavy (non-hydrogen) atoms. The SMILES string of the molecule is COC(=O)c1sc2nc(C[NH+](C)Cc3nc4ccccc4s3)[nH]c(=O)c2c1C. The average molecular weight is 416 g/mol. The molecule has 3 aromatic heterocycles. The Morgan fingerprint density at radius 2 is 2.00 bits per heavy atom. The van der Waals surface area contributed by atoms with Crippen LogP contribution >= 0.6 is 22.7 Å². The summed E-state index contributed by atoms with van der Waals surface area (Å²) in [6.07, 6.45) is 0. The summed E-state index contributed by atoms with van der Waals surface area (Å²) in [6, 6.07) is 8.07.